The highest BCUT2D eigenvalue weighted by molar-refractivity contribution is 7.99. The fraction of sp³-hybridized carbons (Fsp3) is 0.385. The van der Waals surface area contributed by atoms with Crippen LogP contribution in [-0.4, -0.2) is 22.4 Å². The molecule has 0 aliphatic heterocycles. The summed E-state index contributed by atoms with van der Waals surface area (Å²) >= 11 is 1.62. The first-order valence-electron chi connectivity index (χ1n) is 11.2. The van der Waals surface area contributed by atoms with E-state index in [1.54, 1.807) is 18.9 Å². The van der Waals surface area contributed by atoms with Gasteiger partial charge < -0.3 is 4.74 Å². The fourth-order valence-corrected chi connectivity index (χ4v) is 6.12. The zero-order valence-corrected chi connectivity index (χ0v) is 19.0. The SMILES string of the molecule is CCSc1nc2c(c(=O)n1-c1cccc(OC)c1)C1(CCCCC1)Cc1ccccc1-2. The average Bonchev–Trinajstić information content (AvgIpc) is 2.80. The van der Waals surface area contributed by atoms with Gasteiger partial charge in [0.1, 0.15) is 5.75 Å². The number of hydrogen-bond acceptors (Lipinski definition) is 4. The number of rotatable bonds is 4. The van der Waals surface area contributed by atoms with Gasteiger partial charge in [-0.3, -0.25) is 9.36 Å². The molecular weight excluding hydrogens is 404 g/mol. The summed E-state index contributed by atoms with van der Waals surface area (Å²) in [5.41, 5.74) is 5.09. The molecule has 1 spiro atoms. The smallest absolute Gasteiger partial charge is 0.263 e. The molecule has 1 fully saturated rings. The van der Waals surface area contributed by atoms with Gasteiger partial charge in [-0.1, -0.05) is 68.3 Å². The Hall–Kier alpha value is -2.53. The Balaban J connectivity index is 1.83. The zero-order chi connectivity index (χ0) is 21.4. The third kappa shape index (κ3) is 3.39. The number of aromatic nitrogens is 2. The van der Waals surface area contributed by atoms with Crippen LogP contribution in [0.1, 0.15) is 50.2 Å². The summed E-state index contributed by atoms with van der Waals surface area (Å²) in [6.07, 6.45) is 6.65. The van der Waals surface area contributed by atoms with Crippen LogP contribution in [0.2, 0.25) is 0 Å². The molecule has 2 aliphatic carbocycles. The van der Waals surface area contributed by atoms with Crippen molar-refractivity contribution >= 4 is 11.8 Å². The summed E-state index contributed by atoms with van der Waals surface area (Å²) in [6.45, 7) is 2.10. The maximum absolute atomic E-state index is 14.3. The van der Waals surface area contributed by atoms with E-state index in [-0.39, 0.29) is 11.0 Å². The molecule has 0 radical (unpaired) electrons. The molecule has 3 aromatic rings. The van der Waals surface area contributed by atoms with Crippen LogP contribution in [0.15, 0.2) is 58.5 Å². The van der Waals surface area contributed by atoms with Gasteiger partial charge in [0, 0.05) is 17.0 Å². The van der Waals surface area contributed by atoms with Crippen LogP contribution < -0.4 is 10.3 Å². The number of methoxy groups -OCH3 is 1. The number of benzene rings is 2. The molecule has 1 heterocycles. The van der Waals surface area contributed by atoms with Gasteiger partial charge >= 0.3 is 0 Å². The number of ether oxygens (including phenoxy) is 1. The Labute approximate surface area is 187 Å². The van der Waals surface area contributed by atoms with Crippen LogP contribution in [0.5, 0.6) is 5.75 Å². The highest BCUT2D eigenvalue weighted by Crippen LogP contribution is 2.49. The molecule has 31 heavy (non-hydrogen) atoms. The van der Waals surface area contributed by atoms with Gasteiger partial charge in [-0.15, -0.1) is 0 Å². The van der Waals surface area contributed by atoms with Crippen molar-refractivity contribution < 1.29 is 4.74 Å². The average molecular weight is 433 g/mol. The highest BCUT2D eigenvalue weighted by Gasteiger charge is 2.43. The molecule has 5 rings (SSSR count). The lowest BCUT2D eigenvalue weighted by molar-refractivity contribution is 0.283. The van der Waals surface area contributed by atoms with Gasteiger partial charge in [-0.2, -0.15) is 0 Å². The Morgan fingerprint density at radius 2 is 1.90 bits per heavy atom. The first-order valence-corrected chi connectivity index (χ1v) is 12.2. The van der Waals surface area contributed by atoms with E-state index >= 15 is 0 Å². The van der Waals surface area contributed by atoms with E-state index < -0.39 is 0 Å². The Kier molecular flexibility index (Phi) is 5.39. The third-order valence-electron chi connectivity index (χ3n) is 6.78. The summed E-state index contributed by atoms with van der Waals surface area (Å²) in [4.78, 5) is 19.4. The molecule has 5 heteroatoms. The van der Waals surface area contributed by atoms with Gasteiger partial charge in [0.2, 0.25) is 0 Å². The van der Waals surface area contributed by atoms with Crippen LogP contribution in [0.25, 0.3) is 16.9 Å². The maximum Gasteiger partial charge on any atom is 0.263 e. The van der Waals surface area contributed by atoms with Gasteiger partial charge in [-0.05, 0) is 42.7 Å². The molecule has 0 amide bonds. The molecule has 1 saturated carbocycles. The number of nitrogens with zero attached hydrogens (tertiary/aromatic N) is 2. The van der Waals surface area contributed by atoms with Crippen molar-refractivity contribution in [3.63, 3.8) is 0 Å². The molecule has 0 unspecified atom stereocenters. The summed E-state index contributed by atoms with van der Waals surface area (Å²) < 4.78 is 7.26. The first kappa shape index (κ1) is 20.4. The van der Waals surface area contributed by atoms with E-state index in [2.05, 4.69) is 31.2 Å². The maximum atomic E-state index is 14.3. The topological polar surface area (TPSA) is 44.1 Å². The second-order valence-electron chi connectivity index (χ2n) is 8.57. The number of thioether (sulfide) groups is 1. The number of fused-ring (bicyclic) bond motifs is 4. The largest absolute Gasteiger partial charge is 0.497 e. The summed E-state index contributed by atoms with van der Waals surface area (Å²) in [6, 6.07) is 16.3. The molecular formula is C26H28N2O2S. The van der Waals surface area contributed by atoms with Crippen molar-refractivity contribution in [1.82, 2.24) is 9.55 Å². The summed E-state index contributed by atoms with van der Waals surface area (Å²) in [5.74, 6) is 1.59. The van der Waals surface area contributed by atoms with E-state index in [0.29, 0.717) is 0 Å². The molecule has 160 valence electrons. The molecule has 0 atom stereocenters. The van der Waals surface area contributed by atoms with Crippen LogP contribution >= 0.6 is 11.8 Å². The standard InChI is InChI=1S/C26H28N2O2S/c1-3-31-25-27-23-21-13-6-5-10-18(21)17-26(14-7-4-8-15-26)22(23)24(29)28(25)19-11-9-12-20(16-19)30-2/h5-6,9-13,16H,3-4,7-8,14-15,17H2,1-2H3. The minimum atomic E-state index is -0.109. The van der Waals surface area contributed by atoms with Crippen LogP contribution in [0, 0.1) is 0 Å². The lowest BCUT2D eigenvalue weighted by Gasteiger charge is -2.42. The van der Waals surface area contributed by atoms with E-state index in [1.807, 2.05) is 28.8 Å². The molecule has 2 aliphatic rings. The lowest BCUT2D eigenvalue weighted by Crippen LogP contribution is -2.42. The summed E-state index contributed by atoms with van der Waals surface area (Å²) in [5, 5.41) is 0.752. The third-order valence-corrected chi connectivity index (χ3v) is 7.60. The second kappa shape index (κ2) is 8.19. The van der Waals surface area contributed by atoms with Gasteiger partial charge in [0.25, 0.3) is 5.56 Å². The quantitative estimate of drug-likeness (QED) is 0.387. The van der Waals surface area contributed by atoms with Crippen molar-refractivity contribution in [1.29, 1.82) is 0 Å². The molecule has 1 aromatic heterocycles. The predicted molar refractivity (Wildman–Crippen MR) is 127 cm³/mol. The van der Waals surface area contributed by atoms with E-state index in [1.165, 1.54) is 24.8 Å². The van der Waals surface area contributed by atoms with Crippen LogP contribution in [-0.2, 0) is 11.8 Å². The molecule has 0 saturated heterocycles. The second-order valence-corrected chi connectivity index (χ2v) is 9.80. The number of hydrogen-bond donors (Lipinski definition) is 0. The zero-order valence-electron chi connectivity index (χ0n) is 18.2. The van der Waals surface area contributed by atoms with Gasteiger partial charge in [0.15, 0.2) is 5.16 Å². The van der Waals surface area contributed by atoms with E-state index in [4.69, 9.17) is 9.72 Å². The molecule has 0 bridgehead atoms. The van der Waals surface area contributed by atoms with E-state index in [9.17, 15) is 4.79 Å². The molecule has 4 nitrogen and oxygen atoms in total. The fourth-order valence-electron chi connectivity index (χ4n) is 5.39. The van der Waals surface area contributed by atoms with Gasteiger partial charge in [-0.25, -0.2) is 4.98 Å². The Bertz CT molecular complexity index is 1180. The normalized spacial score (nSPS) is 16.6. The van der Waals surface area contributed by atoms with Crippen molar-refractivity contribution in [2.75, 3.05) is 12.9 Å². The predicted octanol–water partition coefficient (Wildman–Crippen LogP) is 5.78. The Morgan fingerprint density at radius 3 is 2.68 bits per heavy atom. The van der Waals surface area contributed by atoms with Crippen molar-refractivity contribution in [3.05, 3.63) is 70.0 Å². The van der Waals surface area contributed by atoms with Crippen LogP contribution in [0.4, 0.5) is 0 Å². The first-order chi connectivity index (χ1) is 15.2. The highest BCUT2D eigenvalue weighted by atomic mass is 32.2. The molecule has 2 aromatic carbocycles. The minimum Gasteiger partial charge on any atom is -0.497 e. The van der Waals surface area contributed by atoms with Gasteiger partial charge in [0.05, 0.1) is 24.1 Å². The molecule has 0 N–H and O–H groups in total. The lowest BCUT2D eigenvalue weighted by atomic mass is 9.62. The summed E-state index contributed by atoms with van der Waals surface area (Å²) in [7, 11) is 1.66. The minimum absolute atomic E-state index is 0.0885. The van der Waals surface area contributed by atoms with E-state index in [0.717, 1.165) is 58.4 Å². The Morgan fingerprint density at radius 1 is 1.10 bits per heavy atom. The van der Waals surface area contributed by atoms with Crippen molar-refractivity contribution in [2.45, 2.75) is 56.0 Å². The monoisotopic (exact) mass is 432 g/mol. The van der Waals surface area contributed by atoms with Crippen molar-refractivity contribution in [2.24, 2.45) is 0 Å². The van der Waals surface area contributed by atoms with Crippen molar-refractivity contribution in [3.8, 4) is 22.7 Å². The van der Waals surface area contributed by atoms with Crippen LogP contribution in [0.3, 0.4) is 0 Å².